The van der Waals surface area contributed by atoms with Crippen LogP contribution >= 0.6 is 0 Å². The van der Waals surface area contributed by atoms with E-state index in [0.29, 0.717) is 5.56 Å². The number of amides is 1. The molecule has 1 aromatic carbocycles. The molecule has 6 heteroatoms. The summed E-state index contributed by atoms with van der Waals surface area (Å²) in [6, 6.07) is 7.63. The second-order valence-corrected chi connectivity index (χ2v) is 4.77. The third-order valence-corrected chi connectivity index (χ3v) is 2.87. The first-order chi connectivity index (χ1) is 9.29. The van der Waals surface area contributed by atoms with Crippen molar-refractivity contribution in [3.63, 3.8) is 0 Å². The molecule has 1 N–H and O–H groups in total. The maximum atomic E-state index is 12.6. The van der Waals surface area contributed by atoms with Crippen LogP contribution in [0.25, 0.3) is 0 Å². The molecule has 1 unspecified atom stereocenters. The molecule has 1 rings (SSSR count). The highest BCUT2D eigenvalue weighted by molar-refractivity contribution is 5.75. The van der Waals surface area contributed by atoms with Gasteiger partial charge in [0.2, 0.25) is 5.91 Å². The molecule has 0 fully saturated rings. The van der Waals surface area contributed by atoms with Gasteiger partial charge in [-0.1, -0.05) is 30.3 Å². The van der Waals surface area contributed by atoms with Crippen molar-refractivity contribution in [3.05, 3.63) is 35.9 Å². The van der Waals surface area contributed by atoms with Gasteiger partial charge in [0, 0.05) is 33.1 Å². The third kappa shape index (κ3) is 6.06. The van der Waals surface area contributed by atoms with Crippen molar-refractivity contribution in [2.75, 3.05) is 20.6 Å². The lowest BCUT2D eigenvalue weighted by atomic mass is 10.0. The van der Waals surface area contributed by atoms with E-state index in [1.54, 1.807) is 44.4 Å². The molecule has 1 atom stereocenters. The number of nitrogens with one attached hydrogen (secondary N) is 1. The van der Waals surface area contributed by atoms with E-state index in [1.807, 2.05) is 0 Å². The summed E-state index contributed by atoms with van der Waals surface area (Å²) in [5.74, 6) is -0.115. The van der Waals surface area contributed by atoms with E-state index < -0.39 is 18.6 Å². The monoisotopic (exact) mass is 288 g/mol. The molecule has 20 heavy (non-hydrogen) atoms. The van der Waals surface area contributed by atoms with Crippen LogP contribution in [0.3, 0.4) is 0 Å². The van der Waals surface area contributed by atoms with Crippen molar-refractivity contribution >= 4 is 5.91 Å². The van der Waals surface area contributed by atoms with E-state index in [0.717, 1.165) is 0 Å². The summed E-state index contributed by atoms with van der Waals surface area (Å²) in [4.78, 5) is 12.8. The van der Waals surface area contributed by atoms with Crippen molar-refractivity contribution in [1.82, 2.24) is 10.2 Å². The predicted octanol–water partition coefficient (Wildman–Crippen LogP) is 2.75. The smallest absolute Gasteiger partial charge is 0.349 e. The normalized spacial score (nSPS) is 13.1. The Morgan fingerprint density at radius 3 is 2.35 bits per heavy atom. The molecule has 0 bridgehead atoms. The summed E-state index contributed by atoms with van der Waals surface area (Å²) < 4.78 is 37.8. The maximum absolute atomic E-state index is 12.6. The number of benzene rings is 1. The minimum atomic E-state index is -4.25. The van der Waals surface area contributed by atoms with Gasteiger partial charge in [0.05, 0.1) is 6.42 Å². The second-order valence-electron chi connectivity index (χ2n) is 4.77. The maximum Gasteiger partial charge on any atom is 0.390 e. The lowest BCUT2D eigenvalue weighted by Gasteiger charge is -2.21. The number of carbonyl (C=O) groups is 1. The predicted molar refractivity (Wildman–Crippen MR) is 71.2 cm³/mol. The van der Waals surface area contributed by atoms with Gasteiger partial charge in [-0.2, -0.15) is 13.2 Å². The molecule has 1 aromatic rings. The fourth-order valence-corrected chi connectivity index (χ4v) is 1.80. The summed E-state index contributed by atoms with van der Waals surface area (Å²) in [6.07, 6.45) is -5.03. The first-order valence-electron chi connectivity index (χ1n) is 6.35. The molecule has 0 radical (unpaired) electrons. The summed E-state index contributed by atoms with van der Waals surface area (Å²) in [5, 5.41) is 2.81. The third-order valence-electron chi connectivity index (χ3n) is 2.87. The number of hydrogen-bond acceptors (Lipinski definition) is 2. The molecule has 0 aliphatic carbocycles. The van der Waals surface area contributed by atoms with Gasteiger partial charge in [-0.3, -0.25) is 4.79 Å². The van der Waals surface area contributed by atoms with Crippen molar-refractivity contribution in [2.45, 2.75) is 25.1 Å². The fourth-order valence-electron chi connectivity index (χ4n) is 1.80. The Labute approximate surface area is 116 Å². The standard InChI is InChI=1S/C14H19F3N2O/c1-19(2)13(20)8-9-18-12(10-14(15,16)17)11-6-4-3-5-7-11/h3-7,12,18H,8-10H2,1-2H3. The molecule has 1 amide bonds. The molecule has 3 nitrogen and oxygen atoms in total. The Morgan fingerprint density at radius 2 is 1.85 bits per heavy atom. The number of halogens is 3. The molecule has 0 aliphatic heterocycles. The molecule has 0 heterocycles. The highest BCUT2D eigenvalue weighted by atomic mass is 19.4. The zero-order valence-corrected chi connectivity index (χ0v) is 11.6. The van der Waals surface area contributed by atoms with Crippen LogP contribution in [0.4, 0.5) is 13.2 Å². The van der Waals surface area contributed by atoms with Gasteiger partial charge in [0.25, 0.3) is 0 Å². The molecular weight excluding hydrogens is 269 g/mol. The number of alkyl halides is 3. The Balaban J connectivity index is 2.63. The first-order valence-corrected chi connectivity index (χ1v) is 6.35. The SMILES string of the molecule is CN(C)C(=O)CCNC(CC(F)(F)F)c1ccccc1. The lowest BCUT2D eigenvalue weighted by molar-refractivity contribution is -0.140. The average molecular weight is 288 g/mol. The quantitative estimate of drug-likeness (QED) is 0.873. The highest BCUT2D eigenvalue weighted by Crippen LogP contribution is 2.29. The first kappa shape index (κ1) is 16.5. The number of hydrogen-bond donors (Lipinski definition) is 1. The van der Waals surface area contributed by atoms with Crippen LogP contribution in [0.1, 0.15) is 24.4 Å². The Kier molecular flexibility index (Phi) is 6.01. The van der Waals surface area contributed by atoms with Gasteiger partial charge in [-0.15, -0.1) is 0 Å². The van der Waals surface area contributed by atoms with Gasteiger partial charge in [-0.25, -0.2) is 0 Å². The summed E-state index contributed by atoms with van der Waals surface area (Å²) >= 11 is 0. The molecule has 0 spiro atoms. The van der Waals surface area contributed by atoms with Crippen molar-refractivity contribution in [1.29, 1.82) is 0 Å². The topological polar surface area (TPSA) is 32.3 Å². The number of nitrogens with zero attached hydrogens (tertiary/aromatic N) is 1. The molecule has 0 aromatic heterocycles. The lowest BCUT2D eigenvalue weighted by Crippen LogP contribution is -2.31. The van der Waals surface area contributed by atoms with E-state index in [-0.39, 0.29) is 18.9 Å². The molecular formula is C14H19F3N2O. The van der Waals surface area contributed by atoms with E-state index in [2.05, 4.69) is 5.32 Å². The molecule has 0 aliphatic rings. The minimum absolute atomic E-state index is 0.115. The average Bonchev–Trinajstić information content (AvgIpc) is 2.37. The van der Waals surface area contributed by atoms with Gasteiger partial charge in [0.1, 0.15) is 0 Å². The van der Waals surface area contributed by atoms with Crippen LogP contribution in [0.2, 0.25) is 0 Å². The van der Waals surface area contributed by atoms with Crippen LogP contribution < -0.4 is 5.32 Å². The Morgan fingerprint density at radius 1 is 1.25 bits per heavy atom. The van der Waals surface area contributed by atoms with Gasteiger partial charge >= 0.3 is 6.18 Å². The summed E-state index contributed by atoms with van der Waals surface area (Å²) in [6.45, 7) is 0.215. The van der Waals surface area contributed by atoms with Gasteiger partial charge in [-0.05, 0) is 5.56 Å². The van der Waals surface area contributed by atoms with Crippen molar-refractivity contribution < 1.29 is 18.0 Å². The van der Waals surface area contributed by atoms with Crippen LogP contribution in [0.15, 0.2) is 30.3 Å². The molecule has 0 saturated carbocycles. The van der Waals surface area contributed by atoms with Crippen molar-refractivity contribution in [3.8, 4) is 0 Å². The zero-order chi connectivity index (χ0) is 15.2. The Bertz CT molecular complexity index is 418. The Hall–Kier alpha value is -1.56. The number of rotatable bonds is 6. The van der Waals surface area contributed by atoms with Crippen molar-refractivity contribution in [2.24, 2.45) is 0 Å². The van der Waals surface area contributed by atoms with E-state index in [4.69, 9.17) is 0 Å². The van der Waals surface area contributed by atoms with E-state index in [1.165, 1.54) is 4.90 Å². The number of carbonyl (C=O) groups excluding carboxylic acids is 1. The fraction of sp³-hybridized carbons (Fsp3) is 0.500. The summed E-state index contributed by atoms with van der Waals surface area (Å²) in [5.41, 5.74) is 0.571. The van der Waals surface area contributed by atoms with Crippen LogP contribution in [0, 0.1) is 0 Å². The van der Waals surface area contributed by atoms with Crippen LogP contribution in [-0.4, -0.2) is 37.6 Å². The zero-order valence-electron chi connectivity index (χ0n) is 11.6. The van der Waals surface area contributed by atoms with Gasteiger partial charge in [0.15, 0.2) is 0 Å². The largest absolute Gasteiger partial charge is 0.390 e. The van der Waals surface area contributed by atoms with Gasteiger partial charge < -0.3 is 10.2 Å². The van der Waals surface area contributed by atoms with E-state index in [9.17, 15) is 18.0 Å². The van der Waals surface area contributed by atoms with Crippen LogP contribution in [-0.2, 0) is 4.79 Å². The minimum Gasteiger partial charge on any atom is -0.349 e. The summed E-state index contributed by atoms with van der Waals surface area (Å²) in [7, 11) is 3.24. The molecule has 0 saturated heterocycles. The molecule has 112 valence electrons. The highest BCUT2D eigenvalue weighted by Gasteiger charge is 2.32. The van der Waals surface area contributed by atoms with Crippen LogP contribution in [0.5, 0.6) is 0 Å². The van der Waals surface area contributed by atoms with E-state index >= 15 is 0 Å². The second kappa shape index (κ2) is 7.28.